The number of phosphoric acid groups is 1. The average molecular weight is 316 g/mol. The van der Waals surface area contributed by atoms with E-state index in [4.69, 9.17) is 19.2 Å². The van der Waals surface area contributed by atoms with E-state index in [0.29, 0.717) is 0 Å². The summed E-state index contributed by atoms with van der Waals surface area (Å²) < 4.78 is 8.88. The molecule has 2 aromatic rings. The molecule has 0 spiro atoms. The predicted octanol–water partition coefficient (Wildman–Crippen LogP) is 3.20. The van der Waals surface area contributed by atoms with Crippen LogP contribution in [0.15, 0.2) is 69.3 Å². The van der Waals surface area contributed by atoms with Crippen molar-refractivity contribution in [1.29, 1.82) is 0 Å². The number of benzene rings is 2. The van der Waals surface area contributed by atoms with E-state index in [0.717, 1.165) is 4.90 Å². The van der Waals surface area contributed by atoms with Gasteiger partial charge in [-0.1, -0.05) is 30.0 Å². The van der Waals surface area contributed by atoms with Crippen molar-refractivity contribution in [2.75, 3.05) is 0 Å². The molecular formula is C12H13O4PS2. The molecule has 3 N–H and O–H groups in total. The third-order valence-electron chi connectivity index (χ3n) is 1.82. The van der Waals surface area contributed by atoms with Gasteiger partial charge in [-0.3, -0.25) is 0 Å². The molecule has 0 saturated heterocycles. The molecule has 0 atom stereocenters. The molecule has 0 heterocycles. The summed E-state index contributed by atoms with van der Waals surface area (Å²) in [6.07, 6.45) is 0. The van der Waals surface area contributed by atoms with Gasteiger partial charge in [0.1, 0.15) is 0 Å². The molecule has 0 saturated carbocycles. The van der Waals surface area contributed by atoms with Gasteiger partial charge >= 0.3 is 7.82 Å². The third-order valence-corrected chi connectivity index (χ3v) is 3.13. The van der Waals surface area contributed by atoms with Gasteiger partial charge in [0.15, 0.2) is 0 Å². The summed E-state index contributed by atoms with van der Waals surface area (Å²) in [5.41, 5.74) is 0. The van der Waals surface area contributed by atoms with E-state index in [-0.39, 0.29) is 0 Å². The first kappa shape index (κ1) is 16.3. The zero-order valence-corrected chi connectivity index (χ0v) is 12.4. The number of hydrogen-bond acceptors (Lipinski definition) is 3. The fraction of sp³-hybridized carbons (Fsp3) is 0. The Hall–Kier alpha value is -0.750. The molecule has 2 aromatic carbocycles. The maximum Gasteiger partial charge on any atom is 0.466 e. The van der Waals surface area contributed by atoms with Crippen LogP contribution in [0.25, 0.3) is 0 Å². The van der Waals surface area contributed by atoms with Gasteiger partial charge in [-0.2, -0.15) is 0 Å². The second kappa shape index (κ2) is 7.75. The van der Waals surface area contributed by atoms with Crippen molar-refractivity contribution in [2.45, 2.75) is 14.7 Å². The van der Waals surface area contributed by atoms with Gasteiger partial charge in [0.2, 0.25) is 0 Å². The Morgan fingerprint density at radius 3 is 1.74 bits per heavy atom. The monoisotopic (exact) mass is 316 g/mol. The number of rotatable bonds is 2. The summed E-state index contributed by atoms with van der Waals surface area (Å²) in [5.74, 6) is 0. The SMILES string of the molecule is O=P(O)(O)O.Sc1ccc(Sc2ccccc2)cc1. The van der Waals surface area contributed by atoms with Crippen LogP contribution in [0, 0.1) is 0 Å². The van der Waals surface area contributed by atoms with Crippen LogP contribution in [0.1, 0.15) is 0 Å². The molecule has 0 aliphatic heterocycles. The minimum atomic E-state index is -4.64. The van der Waals surface area contributed by atoms with E-state index in [1.807, 2.05) is 18.2 Å². The van der Waals surface area contributed by atoms with E-state index in [1.54, 1.807) is 11.8 Å². The van der Waals surface area contributed by atoms with E-state index >= 15 is 0 Å². The van der Waals surface area contributed by atoms with E-state index in [1.165, 1.54) is 9.79 Å². The predicted molar refractivity (Wildman–Crippen MR) is 78.5 cm³/mol. The van der Waals surface area contributed by atoms with Crippen molar-refractivity contribution in [3.8, 4) is 0 Å². The zero-order valence-electron chi connectivity index (χ0n) is 9.75. The first-order valence-electron chi connectivity index (χ1n) is 5.15. The van der Waals surface area contributed by atoms with Gasteiger partial charge in [0.05, 0.1) is 0 Å². The molecule has 2 rings (SSSR count). The summed E-state index contributed by atoms with van der Waals surface area (Å²) in [6.45, 7) is 0. The highest BCUT2D eigenvalue weighted by Crippen LogP contribution is 2.27. The van der Waals surface area contributed by atoms with Crippen LogP contribution in [-0.2, 0) is 4.57 Å². The Labute approximate surface area is 121 Å². The second-order valence-corrected chi connectivity index (χ2v) is 6.11. The van der Waals surface area contributed by atoms with Crippen LogP contribution in [0.2, 0.25) is 0 Å². The first-order chi connectivity index (χ1) is 8.84. The molecule has 4 nitrogen and oxygen atoms in total. The summed E-state index contributed by atoms with van der Waals surface area (Å²) in [4.78, 5) is 25.1. The van der Waals surface area contributed by atoms with E-state index in [2.05, 4.69) is 49.0 Å². The van der Waals surface area contributed by atoms with Gasteiger partial charge < -0.3 is 14.7 Å². The van der Waals surface area contributed by atoms with E-state index in [9.17, 15) is 0 Å². The number of hydrogen-bond donors (Lipinski definition) is 4. The third kappa shape index (κ3) is 8.88. The van der Waals surface area contributed by atoms with Crippen LogP contribution in [0.5, 0.6) is 0 Å². The quantitative estimate of drug-likeness (QED) is 0.505. The summed E-state index contributed by atoms with van der Waals surface area (Å²) in [7, 11) is -4.64. The highest BCUT2D eigenvalue weighted by Gasteiger charge is 2.00. The molecule has 0 fully saturated rings. The molecule has 0 amide bonds. The van der Waals surface area contributed by atoms with Crippen LogP contribution < -0.4 is 0 Å². The Morgan fingerprint density at radius 1 is 0.842 bits per heavy atom. The van der Waals surface area contributed by atoms with Gasteiger partial charge in [0, 0.05) is 14.7 Å². The lowest BCUT2D eigenvalue weighted by Crippen LogP contribution is -1.72. The van der Waals surface area contributed by atoms with Crippen molar-refractivity contribution in [1.82, 2.24) is 0 Å². The van der Waals surface area contributed by atoms with Crippen LogP contribution in [0.4, 0.5) is 0 Å². The Bertz CT molecular complexity index is 531. The van der Waals surface area contributed by atoms with Crippen LogP contribution in [-0.4, -0.2) is 14.7 Å². The molecule has 0 radical (unpaired) electrons. The highest BCUT2D eigenvalue weighted by molar-refractivity contribution is 7.99. The maximum atomic E-state index is 8.88. The Balaban J connectivity index is 0.000000312. The molecule has 102 valence electrons. The molecule has 0 bridgehead atoms. The molecular weight excluding hydrogens is 303 g/mol. The van der Waals surface area contributed by atoms with E-state index < -0.39 is 7.82 Å². The standard InChI is InChI=1S/C12H10S2.H3O4P/c13-10-6-8-12(9-7-10)14-11-4-2-1-3-5-11;1-5(2,3)4/h1-9,13H;(H3,1,2,3,4). The molecule has 0 aromatic heterocycles. The van der Waals surface area contributed by atoms with Gasteiger partial charge in [-0.15, -0.1) is 12.6 Å². The van der Waals surface area contributed by atoms with Crippen LogP contribution >= 0.6 is 32.2 Å². The lowest BCUT2D eigenvalue weighted by molar-refractivity contribution is 0.275. The van der Waals surface area contributed by atoms with Crippen molar-refractivity contribution in [2.24, 2.45) is 0 Å². The maximum absolute atomic E-state index is 8.88. The van der Waals surface area contributed by atoms with Gasteiger partial charge in [-0.05, 0) is 36.4 Å². The summed E-state index contributed by atoms with van der Waals surface area (Å²) in [6, 6.07) is 18.5. The second-order valence-electron chi connectivity index (χ2n) is 3.42. The summed E-state index contributed by atoms with van der Waals surface area (Å²) >= 11 is 6.01. The lowest BCUT2D eigenvalue weighted by atomic mass is 10.4. The fourth-order valence-corrected chi connectivity index (χ4v) is 2.13. The van der Waals surface area contributed by atoms with Gasteiger partial charge in [0.25, 0.3) is 0 Å². The van der Waals surface area contributed by atoms with Gasteiger partial charge in [-0.25, -0.2) is 4.57 Å². The average Bonchev–Trinajstić information content (AvgIpc) is 2.31. The molecule has 7 heteroatoms. The van der Waals surface area contributed by atoms with Crippen molar-refractivity contribution >= 4 is 32.2 Å². The molecule has 19 heavy (non-hydrogen) atoms. The Kier molecular flexibility index (Phi) is 6.65. The molecule has 0 aliphatic rings. The zero-order chi connectivity index (χ0) is 14.3. The fourth-order valence-electron chi connectivity index (χ4n) is 1.14. The Morgan fingerprint density at radius 2 is 1.26 bits per heavy atom. The number of thiol groups is 1. The minimum absolute atomic E-state index is 1.00. The normalized spacial score (nSPS) is 10.5. The van der Waals surface area contributed by atoms with Crippen molar-refractivity contribution in [3.63, 3.8) is 0 Å². The van der Waals surface area contributed by atoms with Crippen molar-refractivity contribution < 1.29 is 19.2 Å². The first-order valence-corrected chi connectivity index (χ1v) is 7.98. The smallest absolute Gasteiger partial charge is 0.303 e. The summed E-state index contributed by atoms with van der Waals surface area (Å²) in [5, 5.41) is 0. The van der Waals surface area contributed by atoms with Crippen LogP contribution in [0.3, 0.4) is 0 Å². The topological polar surface area (TPSA) is 77.8 Å². The minimum Gasteiger partial charge on any atom is -0.303 e. The van der Waals surface area contributed by atoms with Crippen molar-refractivity contribution in [3.05, 3.63) is 54.6 Å². The molecule has 0 unspecified atom stereocenters. The molecule has 0 aliphatic carbocycles. The lowest BCUT2D eigenvalue weighted by Gasteiger charge is -2.00. The highest BCUT2D eigenvalue weighted by atomic mass is 32.2. The largest absolute Gasteiger partial charge is 0.466 e.